The molecule has 3 N–H and O–H groups in total. The highest BCUT2D eigenvalue weighted by Gasteiger charge is 2.18. The maximum atomic E-state index is 12.0. The van der Waals surface area contributed by atoms with Gasteiger partial charge in [-0.25, -0.2) is 0 Å². The molecule has 2 atom stereocenters. The van der Waals surface area contributed by atoms with Crippen LogP contribution in [-0.2, 0) is 11.3 Å². The monoisotopic (exact) mass is 270 g/mol. The lowest BCUT2D eigenvalue weighted by Gasteiger charge is -2.18. The lowest BCUT2D eigenvalue weighted by molar-refractivity contribution is -0.123. The average Bonchev–Trinajstić information content (AvgIpc) is 2.50. The molecule has 3 nitrogen and oxygen atoms in total. The van der Waals surface area contributed by atoms with Crippen LogP contribution in [0, 0.1) is 5.92 Å². The molecule has 0 radical (unpaired) electrons. The molecule has 0 fully saturated rings. The number of carbonyl (C=O) groups is 1. The Morgan fingerprint density at radius 2 is 1.90 bits per heavy atom. The third kappa shape index (κ3) is 3.17. The highest BCUT2D eigenvalue weighted by molar-refractivity contribution is 5.86. The first-order valence-corrected chi connectivity index (χ1v) is 7.13. The summed E-state index contributed by atoms with van der Waals surface area (Å²) in [6, 6.07) is 13.9. The van der Waals surface area contributed by atoms with Gasteiger partial charge in [0, 0.05) is 6.54 Å². The number of hydrogen-bond donors (Lipinski definition) is 2. The van der Waals surface area contributed by atoms with Gasteiger partial charge in [-0.05, 0) is 22.3 Å². The second-order valence-electron chi connectivity index (χ2n) is 5.27. The minimum absolute atomic E-state index is 0.0766. The van der Waals surface area contributed by atoms with E-state index in [0.29, 0.717) is 6.54 Å². The summed E-state index contributed by atoms with van der Waals surface area (Å²) in [6.07, 6.45) is 0.906. The number of amides is 1. The van der Waals surface area contributed by atoms with Gasteiger partial charge in [-0.1, -0.05) is 62.7 Å². The Morgan fingerprint density at radius 3 is 2.65 bits per heavy atom. The third-order valence-electron chi connectivity index (χ3n) is 3.89. The molecule has 0 saturated carbocycles. The number of nitrogens with two attached hydrogens (primary N) is 1. The third-order valence-corrected chi connectivity index (χ3v) is 3.89. The normalized spacial score (nSPS) is 13.9. The molecule has 0 aliphatic rings. The number of carbonyl (C=O) groups excluding carboxylic acids is 1. The predicted molar refractivity (Wildman–Crippen MR) is 83.2 cm³/mol. The molecule has 0 heterocycles. The average molecular weight is 270 g/mol. The number of hydrogen-bond acceptors (Lipinski definition) is 2. The van der Waals surface area contributed by atoms with Crippen LogP contribution < -0.4 is 11.1 Å². The Morgan fingerprint density at radius 1 is 1.20 bits per heavy atom. The smallest absolute Gasteiger partial charge is 0.237 e. The van der Waals surface area contributed by atoms with Crippen molar-refractivity contribution < 1.29 is 4.79 Å². The van der Waals surface area contributed by atoms with Crippen LogP contribution in [-0.4, -0.2) is 11.9 Å². The van der Waals surface area contributed by atoms with Gasteiger partial charge in [0.1, 0.15) is 0 Å². The van der Waals surface area contributed by atoms with Crippen molar-refractivity contribution in [1.82, 2.24) is 5.32 Å². The van der Waals surface area contributed by atoms with Crippen LogP contribution in [0.4, 0.5) is 0 Å². The van der Waals surface area contributed by atoms with Gasteiger partial charge < -0.3 is 11.1 Å². The molecule has 20 heavy (non-hydrogen) atoms. The molecule has 0 saturated heterocycles. The Hall–Kier alpha value is -1.87. The van der Waals surface area contributed by atoms with Gasteiger partial charge in [0.15, 0.2) is 0 Å². The molecular formula is C17H22N2O. The molecule has 2 unspecified atom stereocenters. The first-order valence-electron chi connectivity index (χ1n) is 7.13. The summed E-state index contributed by atoms with van der Waals surface area (Å²) in [5, 5.41) is 5.30. The van der Waals surface area contributed by atoms with E-state index in [1.54, 1.807) is 0 Å². The predicted octanol–water partition coefficient (Wildman–Crippen LogP) is 2.83. The second kappa shape index (κ2) is 6.53. The van der Waals surface area contributed by atoms with Gasteiger partial charge in [-0.3, -0.25) is 4.79 Å². The molecule has 0 aromatic heterocycles. The molecule has 0 aliphatic heterocycles. The van der Waals surface area contributed by atoms with Gasteiger partial charge in [-0.2, -0.15) is 0 Å². The van der Waals surface area contributed by atoms with Gasteiger partial charge in [0.05, 0.1) is 6.04 Å². The van der Waals surface area contributed by atoms with E-state index in [1.807, 2.05) is 38.1 Å². The second-order valence-corrected chi connectivity index (χ2v) is 5.27. The van der Waals surface area contributed by atoms with Crippen molar-refractivity contribution in [2.45, 2.75) is 32.9 Å². The van der Waals surface area contributed by atoms with Crippen molar-refractivity contribution in [2.24, 2.45) is 11.7 Å². The van der Waals surface area contributed by atoms with Crippen molar-refractivity contribution in [1.29, 1.82) is 0 Å². The molecule has 2 rings (SSSR count). The fraction of sp³-hybridized carbons (Fsp3) is 0.353. The van der Waals surface area contributed by atoms with E-state index in [2.05, 4.69) is 23.5 Å². The Labute approximate surface area is 120 Å². The van der Waals surface area contributed by atoms with Crippen LogP contribution in [0.25, 0.3) is 10.8 Å². The fourth-order valence-electron chi connectivity index (χ4n) is 2.26. The van der Waals surface area contributed by atoms with Crippen molar-refractivity contribution in [3.05, 3.63) is 48.0 Å². The molecule has 0 spiro atoms. The zero-order valence-corrected chi connectivity index (χ0v) is 12.1. The minimum atomic E-state index is -0.435. The van der Waals surface area contributed by atoms with Crippen LogP contribution in [0.3, 0.4) is 0 Å². The highest BCUT2D eigenvalue weighted by Crippen LogP contribution is 2.18. The van der Waals surface area contributed by atoms with Crippen molar-refractivity contribution in [3.8, 4) is 0 Å². The van der Waals surface area contributed by atoms with Crippen molar-refractivity contribution in [2.75, 3.05) is 0 Å². The number of benzene rings is 2. The van der Waals surface area contributed by atoms with Gasteiger partial charge in [-0.15, -0.1) is 0 Å². The number of nitrogens with one attached hydrogen (secondary N) is 1. The summed E-state index contributed by atoms with van der Waals surface area (Å²) < 4.78 is 0. The Bertz CT molecular complexity index is 589. The van der Waals surface area contributed by atoms with E-state index in [9.17, 15) is 4.79 Å². The number of fused-ring (bicyclic) bond motifs is 1. The van der Waals surface area contributed by atoms with E-state index in [1.165, 1.54) is 10.8 Å². The van der Waals surface area contributed by atoms with Crippen LogP contribution >= 0.6 is 0 Å². The topological polar surface area (TPSA) is 55.1 Å². The fourth-order valence-corrected chi connectivity index (χ4v) is 2.26. The lowest BCUT2D eigenvalue weighted by Crippen LogP contribution is -2.44. The van der Waals surface area contributed by atoms with Crippen molar-refractivity contribution >= 4 is 16.7 Å². The van der Waals surface area contributed by atoms with Gasteiger partial charge in [0.2, 0.25) is 5.91 Å². The van der Waals surface area contributed by atoms with E-state index in [0.717, 1.165) is 12.0 Å². The maximum absolute atomic E-state index is 12.0. The molecule has 0 bridgehead atoms. The zero-order chi connectivity index (χ0) is 14.5. The molecule has 106 valence electrons. The Balaban J connectivity index is 2.08. The van der Waals surface area contributed by atoms with E-state index >= 15 is 0 Å². The lowest BCUT2D eigenvalue weighted by atomic mass is 9.99. The summed E-state index contributed by atoms with van der Waals surface area (Å²) in [7, 11) is 0. The minimum Gasteiger partial charge on any atom is -0.351 e. The molecular weight excluding hydrogens is 248 g/mol. The zero-order valence-electron chi connectivity index (χ0n) is 12.1. The van der Waals surface area contributed by atoms with Crippen LogP contribution in [0.5, 0.6) is 0 Å². The van der Waals surface area contributed by atoms with E-state index in [4.69, 9.17) is 5.73 Å². The summed E-state index contributed by atoms with van der Waals surface area (Å²) in [5.74, 6) is 0.120. The first kappa shape index (κ1) is 14.5. The SMILES string of the molecule is CCC(C)C(N)C(=O)NCc1cccc2ccccc12. The standard InChI is InChI=1S/C17H22N2O/c1-3-12(2)16(18)17(20)19-11-14-9-6-8-13-7-4-5-10-15(13)14/h4-10,12,16H,3,11,18H2,1-2H3,(H,19,20). The highest BCUT2D eigenvalue weighted by atomic mass is 16.2. The molecule has 0 aliphatic carbocycles. The van der Waals surface area contributed by atoms with Gasteiger partial charge in [0.25, 0.3) is 0 Å². The van der Waals surface area contributed by atoms with Crippen molar-refractivity contribution in [3.63, 3.8) is 0 Å². The molecule has 3 heteroatoms. The Kier molecular flexibility index (Phi) is 4.74. The molecule has 1 amide bonds. The summed E-state index contributed by atoms with van der Waals surface area (Å²) in [4.78, 5) is 12.0. The van der Waals surface area contributed by atoms with Crippen LogP contribution in [0.1, 0.15) is 25.8 Å². The maximum Gasteiger partial charge on any atom is 0.237 e. The summed E-state index contributed by atoms with van der Waals surface area (Å²) in [5.41, 5.74) is 7.05. The van der Waals surface area contributed by atoms with Crippen LogP contribution in [0.15, 0.2) is 42.5 Å². The largest absolute Gasteiger partial charge is 0.351 e. The first-order chi connectivity index (χ1) is 9.63. The molecule has 2 aromatic carbocycles. The van der Waals surface area contributed by atoms with Crippen LogP contribution in [0.2, 0.25) is 0 Å². The number of rotatable bonds is 5. The quantitative estimate of drug-likeness (QED) is 0.877. The summed E-state index contributed by atoms with van der Waals surface area (Å²) in [6.45, 7) is 4.56. The molecule has 2 aromatic rings. The van der Waals surface area contributed by atoms with E-state index in [-0.39, 0.29) is 11.8 Å². The summed E-state index contributed by atoms with van der Waals surface area (Å²) >= 11 is 0. The van der Waals surface area contributed by atoms with Gasteiger partial charge >= 0.3 is 0 Å². The van der Waals surface area contributed by atoms with E-state index < -0.39 is 6.04 Å².